The molecular formula is C31H43Cl2N5O4. The Morgan fingerprint density at radius 2 is 1.86 bits per heavy atom. The molecule has 2 aliphatic heterocycles. The quantitative estimate of drug-likeness (QED) is 0.328. The highest BCUT2D eigenvalue weighted by atomic mass is 35.5. The summed E-state index contributed by atoms with van der Waals surface area (Å²) in [5.41, 5.74) is 2.61. The Kier molecular flexibility index (Phi) is 12.5. The lowest BCUT2D eigenvalue weighted by Gasteiger charge is -2.40. The van der Waals surface area contributed by atoms with Gasteiger partial charge in [0.25, 0.3) is 5.91 Å². The van der Waals surface area contributed by atoms with Crippen LogP contribution in [-0.4, -0.2) is 78.8 Å². The Labute approximate surface area is 260 Å². The minimum absolute atomic E-state index is 0. The molecule has 1 fully saturated rings. The predicted molar refractivity (Wildman–Crippen MR) is 170 cm³/mol. The van der Waals surface area contributed by atoms with Crippen LogP contribution in [0.15, 0.2) is 48.5 Å². The van der Waals surface area contributed by atoms with E-state index in [2.05, 4.69) is 23.7 Å². The van der Waals surface area contributed by atoms with Crippen molar-refractivity contribution in [3.05, 3.63) is 54.4 Å². The van der Waals surface area contributed by atoms with Crippen molar-refractivity contribution in [3.8, 4) is 5.75 Å². The number of nitrogens with one attached hydrogen (secondary N) is 1. The Morgan fingerprint density at radius 3 is 2.64 bits per heavy atom. The van der Waals surface area contributed by atoms with Crippen molar-refractivity contribution in [1.82, 2.24) is 19.8 Å². The lowest BCUT2D eigenvalue weighted by molar-refractivity contribution is -0.123. The number of ether oxygens (including phenoxy) is 2. The molecule has 1 saturated heterocycles. The number of imidazole rings is 1. The largest absolute Gasteiger partial charge is 0.490 e. The number of halogens is 2. The van der Waals surface area contributed by atoms with Crippen LogP contribution in [0.3, 0.4) is 0 Å². The number of aryl methyl sites for hydroxylation is 1. The summed E-state index contributed by atoms with van der Waals surface area (Å²) in [7, 11) is 1.71. The fraction of sp³-hybridized carbons (Fsp3) is 0.516. The number of benzene rings is 2. The summed E-state index contributed by atoms with van der Waals surface area (Å²) in [5, 5.41) is 3.46. The van der Waals surface area contributed by atoms with Crippen LogP contribution in [0.5, 0.6) is 5.75 Å². The number of rotatable bonds is 10. The van der Waals surface area contributed by atoms with Gasteiger partial charge in [-0.3, -0.25) is 9.59 Å². The number of carbonyl (C=O) groups is 2. The van der Waals surface area contributed by atoms with Crippen LogP contribution >= 0.6 is 24.8 Å². The second-order valence-electron chi connectivity index (χ2n) is 11.2. The molecule has 2 amide bonds. The van der Waals surface area contributed by atoms with Gasteiger partial charge < -0.3 is 29.2 Å². The minimum atomic E-state index is -0.236. The first-order chi connectivity index (χ1) is 19.5. The van der Waals surface area contributed by atoms with Gasteiger partial charge >= 0.3 is 0 Å². The summed E-state index contributed by atoms with van der Waals surface area (Å²) in [6.45, 7) is 8.47. The summed E-state index contributed by atoms with van der Waals surface area (Å²) >= 11 is 0. The smallest absolute Gasteiger partial charge is 0.290 e. The standard InChI is InChI=1S/C31H41N5O4.2ClH/c1-22(2)21-36(31(38)29-33-25-10-4-5-11-26(25)34(29)14-8-9-16-39-3)24-18-23(19-32-20-24)30(37)35-15-17-40-28-13-7-6-12-27(28)35;;/h4-7,10-13,22-24,32H,8-9,14-21H2,1-3H3;2*1H/t23-,24+;;/m1../s1. The average molecular weight is 621 g/mol. The molecule has 42 heavy (non-hydrogen) atoms. The Bertz CT molecular complexity index is 1330. The number of para-hydroxylation sites is 4. The van der Waals surface area contributed by atoms with Gasteiger partial charge in [-0.15, -0.1) is 24.8 Å². The molecule has 0 bridgehead atoms. The summed E-state index contributed by atoms with van der Waals surface area (Å²) in [6, 6.07) is 15.5. The van der Waals surface area contributed by atoms with Gasteiger partial charge in [-0.2, -0.15) is 0 Å². The number of fused-ring (bicyclic) bond motifs is 2. The van der Waals surface area contributed by atoms with Crippen molar-refractivity contribution in [3.63, 3.8) is 0 Å². The minimum Gasteiger partial charge on any atom is -0.490 e. The van der Waals surface area contributed by atoms with Crippen LogP contribution in [0.2, 0.25) is 0 Å². The van der Waals surface area contributed by atoms with Gasteiger partial charge in [0.2, 0.25) is 5.91 Å². The normalized spacial score (nSPS) is 18.0. The van der Waals surface area contributed by atoms with Gasteiger partial charge in [0.05, 0.1) is 29.2 Å². The van der Waals surface area contributed by atoms with Crippen molar-refractivity contribution < 1.29 is 19.1 Å². The van der Waals surface area contributed by atoms with E-state index in [1.165, 1.54) is 0 Å². The van der Waals surface area contributed by atoms with Gasteiger partial charge in [0.15, 0.2) is 5.82 Å². The molecular weight excluding hydrogens is 577 g/mol. The second kappa shape index (κ2) is 15.6. The third-order valence-corrected chi connectivity index (χ3v) is 7.76. The lowest BCUT2D eigenvalue weighted by Crippen LogP contribution is -2.56. The molecule has 5 rings (SSSR count). The average Bonchev–Trinajstić information content (AvgIpc) is 3.35. The van der Waals surface area contributed by atoms with Gasteiger partial charge in [-0.05, 0) is 49.4 Å². The molecule has 1 aromatic heterocycles. The highest BCUT2D eigenvalue weighted by Gasteiger charge is 2.37. The van der Waals surface area contributed by atoms with E-state index in [0.717, 1.165) is 35.3 Å². The Hall–Kier alpha value is -2.85. The van der Waals surface area contributed by atoms with E-state index < -0.39 is 0 Å². The molecule has 1 N–H and O–H groups in total. The molecule has 3 aromatic rings. The summed E-state index contributed by atoms with van der Waals surface area (Å²) < 4.78 is 13.1. The van der Waals surface area contributed by atoms with Crippen LogP contribution in [-0.2, 0) is 16.1 Å². The topological polar surface area (TPSA) is 88.9 Å². The van der Waals surface area contributed by atoms with Crippen LogP contribution in [0.4, 0.5) is 5.69 Å². The maximum Gasteiger partial charge on any atom is 0.290 e. The zero-order valence-electron chi connectivity index (χ0n) is 24.7. The molecule has 0 radical (unpaired) electrons. The predicted octanol–water partition coefficient (Wildman–Crippen LogP) is 4.81. The number of methoxy groups -OCH3 is 1. The molecule has 0 saturated carbocycles. The van der Waals surface area contributed by atoms with Crippen LogP contribution in [0.1, 0.15) is 43.7 Å². The number of hydrogen-bond donors (Lipinski definition) is 1. The third kappa shape index (κ3) is 7.37. The van der Waals surface area contributed by atoms with E-state index in [9.17, 15) is 9.59 Å². The molecule has 2 atom stereocenters. The zero-order valence-corrected chi connectivity index (χ0v) is 26.3. The van der Waals surface area contributed by atoms with Crippen molar-refractivity contribution in [2.45, 2.75) is 45.7 Å². The third-order valence-electron chi connectivity index (χ3n) is 7.76. The SMILES string of the molecule is COCCCCn1c(C(=O)N(CC(C)C)[C@@H]2CNC[C@H](C(=O)N3CCOc4ccccc43)C2)nc2ccccc21.Cl.Cl. The molecule has 0 aliphatic carbocycles. The number of hydrogen-bond acceptors (Lipinski definition) is 6. The van der Waals surface area contributed by atoms with Crippen LogP contribution in [0.25, 0.3) is 11.0 Å². The maximum absolute atomic E-state index is 14.3. The van der Waals surface area contributed by atoms with Gasteiger partial charge in [0.1, 0.15) is 12.4 Å². The molecule has 230 valence electrons. The molecule has 9 nitrogen and oxygen atoms in total. The van der Waals surface area contributed by atoms with Crippen molar-refractivity contribution in [2.75, 3.05) is 51.4 Å². The fourth-order valence-corrected chi connectivity index (χ4v) is 5.86. The number of carbonyl (C=O) groups excluding carboxylic acids is 2. The zero-order chi connectivity index (χ0) is 28.1. The molecule has 0 unspecified atom stereocenters. The number of piperidine rings is 1. The summed E-state index contributed by atoms with van der Waals surface area (Å²) in [6.07, 6.45) is 2.41. The fourth-order valence-electron chi connectivity index (χ4n) is 5.86. The molecule has 0 spiro atoms. The second-order valence-corrected chi connectivity index (χ2v) is 11.2. The van der Waals surface area contributed by atoms with E-state index in [4.69, 9.17) is 14.5 Å². The first kappa shape index (κ1) is 33.6. The Balaban J connectivity index is 0.00000242. The first-order valence-electron chi connectivity index (χ1n) is 14.5. The monoisotopic (exact) mass is 619 g/mol. The first-order valence-corrected chi connectivity index (χ1v) is 14.5. The van der Waals surface area contributed by atoms with E-state index in [1.807, 2.05) is 58.3 Å². The number of nitrogens with zero attached hydrogens (tertiary/aromatic N) is 4. The highest BCUT2D eigenvalue weighted by molar-refractivity contribution is 5.97. The maximum atomic E-state index is 14.3. The number of anilines is 1. The van der Waals surface area contributed by atoms with Gasteiger partial charge in [-0.25, -0.2) is 4.98 Å². The van der Waals surface area contributed by atoms with Crippen molar-refractivity contribution in [1.29, 1.82) is 0 Å². The number of unbranched alkanes of at least 4 members (excludes halogenated alkanes) is 1. The van der Waals surface area contributed by atoms with Crippen LogP contribution < -0.4 is 15.0 Å². The van der Waals surface area contributed by atoms with Gasteiger partial charge in [-0.1, -0.05) is 38.1 Å². The van der Waals surface area contributed by atoms with Crippen LogP contribution in [0, 0.1) is 11.8 Å². The summed E-state index contributed by atoms with van der Waals surface area (Å²) in [5.74, 6) is 1.24. The van der Waals surface area contributed by atoms with E-state index in [-0.39, 0.29) is 54.5 Å². The van der Waals surface area contributed by atoms with E-state index in [1.54, 1.807) is 7.11 Å². The number of aromatic nitrogens is 2. The Morgan fingerprint density at radius 1 is 1.10 bits per heavy atom. The molecule has 11 heteroatoms. The lowest BCUT2D eigenvalue weighted by atomic mass is 9.92. The van der Waals surface area contributed by atoms with Crippen molar-refractivity contribution >= 4 is 53.3 Å². The van der Waals surface area contributed by atoms with Crippen molar-refractivity contribution in [2.24, 2.45) is 11.8 Å². The van der Waals surface area contributed by atoms with E-state index >= 15 is 0 Å². The summed E-state index contributed by atoms with van der Waals surface area (Å²) in [4.78, 5) is 36.7. The van der Waals surface area contributed by atoms with Gasteiger partial charge in [0, 0.05) is 45.9 Å². The number of amides is 2. The molecule has 2 aliphatic rings. The molecule has 3 heterocycles. The molecule has 2 aromatic carbocycles. The van der Waals surface area contributed by atoms with E-state index in [0.29, 0.717) is 58.2 Å². The highest BCUT2D eigenvalue weighted by Crippen LogP contribution is 2.33.